The maximum absolute atomic E-state index is 5.70. The zero-order valence-corrected chi connectivity index (χ0v) is 7.42. The Morgan fingerprint density at radius 3 is 3.08 bits per heavy atom. The summed E-state index contributed by atoms with van der Waals surface area (Å²) in [4.78, 5) is 0. The summed E-state index contributed by atoms with van der Waals surface area (Å²) in [7, 11) is 0. The highest BCUT2D eigenvalue weighted by molar-refractivity contribution is 4.72. The summed E-state index contributed by atoms with van der Waals surface area (Å²) in [5.74, 6) is 0. The van der Waals surface area contributed by atoms with Crippen molar-refractivity contribution in [2.45, 2.75) is 31.5 Å². The summed E-state index contributed by atoms with van der Waals surface area (Å²) in [5.41, 5.74) is 0. The lowest BCUT2D eigenvalue weighted by Crippen LogP contribution is -2.22. The molecule has 2 atom stereocenters. The number of hydrogen-bond acceptors (Lipinski definition) is 3. The van der Waals surface area contributed by atoms with Crippen LogP contribution < -0.4 is 5.32 Å². The van der Waals surface area contributed by atoms with Crippen LogP contribution in [0, 0.1) is 0 Å². The molecule has 0 aliphatic carbocycles. The van der Waals surface area contributed by atoms with Crippen LogP contribution in [0.4, 0.5) is 0 Å². The predicted molar refractivity (Wildman–Crippen MR) is 46.2 cm³/mol. The van der Waals surface area contributed by atoms with E-state index in [1.807, 2.05) is 0 Å². The zero-order chi connectivity index (χ0) is 8.23. The molecule has 0 amide bonds. The third kappa shape index (κ3) is 2.19. The maximum atomic E-state index is 5.70. The fraction of sp³-hybridized carbons (Fsp3) is 1.00. The lowest BCUT2D eigenvalue weighted by atomic mass is 10.2. The van der Waals surface area contributed by atoms with E-state index in [2.05, 4.69) is 5.32 Å². The summed E-state index contributed by atoms with van der Waals surface area (Å²) in [5, 5.41) is 3.28. The van der Waals surface area contributed by atoms with Crippen molar-refractivity contribution in [3.05, 3.63) is 0 Å². The molecule has 0 bridgehead atoms. The van der Waals surface area contributed by atoms with E-state index in [0.717, 1.165) is 32.7 Å². The molecule has 3 nitrogen and oxygen atoms in total. The van der Waals surface area contributed by atoms with Gasteiger partial charge >= 0.3 is 0 Å². The number of rotatable bonds is 3. The molecule has 2 rings (SSSR count). The first-order chi connectivity index (χ1) is 5.95. The van der Waals surface area contributed by atoms with Crippen molar-refractivity contribution >= 4 is 0 Å². The molecule has 12 heavy (non-hydrogen) atoms. The Kier molecular flexibility index (Phi) is 2.98. The minimum absolute atomic E-state index is 0.380. The topological polar surface area (TPSA) is 30.5 Å². The fourth-order valence-electron chi connectivity index (χ4n) is 1.79. The molecule has 2 aliphatic heterocycles. The molecule has 0 aromatic rings. The first-order valence-electron chi connectivity index (χ1n) is 4.89. The van der Waals surface area contributed by atoms with Gasteiger partial charge in [-0.2, -0.15) is 0 Å². The van der Waals surface area contributed by atoms with Gasteiger partial charge in [-0.25, -0.2) is 0 Å². The Bertz CT molecular complexity index is 112. The number of ether oxygens (including phenoxy) is 2. The van der Waals surface area contributed by atoms with E-state index in [4.69, 9.17) is 9.47 Å². The molecule has 2 saturated heterocycles. The molecule has 0 aromatic carbocycles. The molecule has 2 fully saturated rings. The van der Waals surface area contributed by atoms with E-state index < -0.39 is 0 Å². The quantitative estimate of drug-likeness (QED) is 0.672. The van der Waals surface area contributed by atoms with Crippen molar-refractivity contribution in [3.63, 3.8) is 0 Å². The van der Waals surface area contributed by atoms with Gasteiger partial charge < -0.3 is 14.8 Å². The lowest BCUT2D eigenvalue weighted by Gasteiger charge is -2.14. The van der Waals surface area contributed by atoms with Crippen LogP contribution >= 0.6 is 0 Å². The van der Waals surface area contributed by atoms with Gasteiger partial charge in [0.05, 0.1) is 18.8 Å². The average molecular weight is 171 g/mol. The Hall–Kier alpha value is -0.120. The van der Waals surface area contributed by atoms with Crippen LogP contribution in [-0.4, -0.2) is 38.5 Å². The van der Waals surface area contributed by atoms with E-state index in [1.54, 1.807) is 0 Å². The third-order valence-corrected chi connectivity index (χ3v) is 2.56. The molecule has 70 valence electrons. The molecule has 2 aliphatic rings. The van der Waals surface area contributed by atoms with Gasteiger partial charge in [0.15, 0.2) is 0 Å². The first-order valence-corrected chi connectivity index (χ1v) is 4.89. The Balaban J connectivity index is 1.60. The summed E-state index contributed by atoms with van der Waals surface area (Å²) < 4.78 is 11.2. The van der Waals surface area contributed by atoms with Gasteiger partial charge in [0.25, 0.3) is 0 Å². The first kappa shape index (κ1) is 8.48. The molecular weight excluding hydrogens is 154 g/mol. The second kappa shape index (κ2) is 4.21. The Morgan fingerprint density at radius 2 is 2.42 bits per heavy atom. The largest absolute Gasteiger partial charge is 0.376 e. The van der Waals surface area contributed by atoms with Gasteiger partial charge in [-0.1, -0.05) is 0 Å². The Labute approximate surface area is 73.4 Å². The van der Waals surface area contributed by atoms with Crippen molar-refractivity contribution in [3.8, 4) is 0 Å². The highest BCUT2D eigenvalue weighted by Gasteiger charge is 2.19. The van der Waals surface area contributed by atoms with Crippen LogP contribution in [0.3, 0.4) is 0 Å². The van der Waals surface area contributed by atoms with Crippen molar-refractivity contribution < 1.29 is 9.47 Å². The normalized spacial score (nSPS) is 36.0. The average Bonchev–Trinajstić information content (AvgIpc) is 2.74. The molecule has 0 unspecified atom stereocenters. The van der Waals surface area contributed by atoms with Crippen LogP contribution in [0.5, 0.6) is 0 Å². The van der Waals surface area contributed by atoms with Gasteiger partial charge in [0, 0.05) is 13.2 Å². The SMILES string of the molecule is C1CO[C@@H](CO[C@H]2CCNC2)C1. The Morgan fingerprint density at radius 1 is 1.42 bits per heavy atom. The van der Waals surface area contributed by atoms with Crippen LogP contribution in [0.25, 0.3) is 0 Å². The van der Waals surface area contributed by atoms with Crippen LogP contribution in [0.2, 0.25) is 0 Å². The van der Waals surface area contributed by atoms with Crippen molar-refractivity contribution in [2.75, 3.05) is 26.3 Å². The smallest absolute Gasteiger partial charge is 0.0809 e. The van der Waals surface area contributed by atoms with Crippen molar-refractivity contribution in [2.24, 2.45) is 0 Å². The van der Waals surface area contributed by atoms with E-state index in [0.29, 0.717) is 12.2 Å². The van der Waals surface area contributed by atoms with E-state index in [1.165, 1.54) is 12.8 Å². The molecule has 0 aromatic heterocycles. The zero-order valence-electron chi connectivity index (χ0n) is 7.42. The third-order valence-electron chi connectivity index (χ3n) is 2.56. The van der Waals surface area contributed by atoms with E-state index in [-0.39, 0.29) is 0 Å². The van der Waals surface area contributed by atoms with E-state index >= 15 is 0 Å². The minimum Gasteiger partial charge on any atom is -0.376 e. The van der Waals surface area contributed by atoms with Crippen LogP contribution in [-0.2, 0) is 9.47 Å². The van der Waals surface area contributed by atoms with Crippen molar-refractivity contribution in [1.29, 1.82) is 0 Å². The second-order valence-corrected chi connectivity index (χ2v) is 3.58. The standard InChI is InChI=1S/C9H17NO2/c1-2-9(11-5-1)7-12-8-3-4-10-6-8/h8-10H,1-7H2/t8-,9+/m0/s1. The molecule has 0 radical (unpaired) electrons. The van der Waals surface area contributed by atoms with Crippen LogP contribution in [0.1, 0.15) is 19.3 Å². The fourth-order valence-corrected chi connectivity index (χ4v) is 1.79. The number of hydrogen-bond donors (Lipinski definition) is 1. The summed E-state index contributed by atoms with van der Waals surface area (Å²) in [6.07, 6.45) is 4.36. The molecule has 2 heterocycles. The van der Waals surface area contributed by atoms with Gasteiger partial charge in [-0.05, 0) is 25.8 Å². The van der Waals surface area contributed by atoms with Gasteiger partial charge in [0.2, 0.25) is 0 Å². The van der Waals surface area contributed by atoms with Crippen molar-refractivity contribution in [1.82, 2.24) is 5.32 Å². The number of nitrogens with one attached hydrogen (secondary N) is 1. The summed E-state index contributed by atoms with van der Waals surface area (Å²) in [6.45, 7) is 3.85. The highest BCUT2D eigenvalue weighted by atomic mass is 16.5. The lowest BCUT2D eigenvalue weighted by molar-refractivity contribution is -0.0131. The minimum atomic E-state index is 0.380. The molecule has 0 spiro atoms. The van der Waals surface area contributed by atoms with Crippen LogP contribution in [0.15, 0.2) is 0 Å². The molecule has 0 saturated carbocycles. The monoisotopic (exact) mass is 171 g/mol. The highest BCUT2D eigenvalue weighted by Crippen LogP contribution is 2.13. The van der Waals surface area contributed by atoms with Gasteiger partial charge in [-0.3, -0.25) is 0 Å². The molecular formula is C9H17NO2. The van der Waals surface area contributed by atoms with E-state index in [9.17, 15) is 0 Å². The summed E-state index contributed by atoms with van der Waals surface area (Å²) in [6, 6.07) is 0. The van der Waals surface area contributed by atoms with Gasteiger partial charge in [0.1, 0.15) is 0 Å². The second-order valence-electron chi connectivity index (χ2n) is 3.58. The maximum Gasteiger partial charge on any atom is 0.0809 e. The molecule has 1 N–H and O–H groups in total. The molecule has 3 heteroatoms. The predicted octanol–water partition coefficient (Wildman–Crippen LogP) is 0.544. The summed E-state index contributed by atoms with van der Waals surface area (Å²) >= 11 is 0. The van der Waals surface area contributed by atoms with Gasteiger partial charge in [-0.15, -0.1) is 0 Å².